The van der Waals surface area contributed by atoms with E-state index in [0.29, 0.717) is 18.9 Å². The lowest BCUT2D eigenvalue weighted by molar-refractivity contribution is -0.123. The van der Waals surface area contributed by atoms with Crippen LogP contribution in [0.4, 0.5) is 0 Å². The number of amides is 1. The smallest absolute Gasteiger partial charge is 0.220 e. The van der Waals surface area contributed by atoms with Crippen molar-refractivity contribution in [1.82, 2.24) is 10.6 Å². The molecule has 2 rings (SSSR count). The lowest BCUT2D eigenvalue weighted by Crippen LogP contribution is -2.41. The van der Waals surface area contributed by atoms with Crippen LogP contribution in [0.15, 0.2) is 0 Å². The van der Waals surface area contributed by atoms with Gasteiger partial charge in [0.05, 0.1) is 5.60 Å². The molecule has 0 aromatic carbocycles. The second-order valence-corrected chi connectivity index (χ2v) is 5.58. The lowest BCUT2D eigenvalue weighted by Gasteiger charge is -2.25. The Bertz CT molecular complexity index is 262. The van der Waals surface area contributed by atoms with E-state index in [-0.39, 0.29) is 23.9 Å². The number of hydrogen-bond acceptors (Lipinski definition) is 3. The van der Waals surface area contributed by atoms with Crippen LogP contribution < -0.4 is 10.6 Å². The molecule has 2 N–H and O–H groups in total. The Morgan fingerprint density at radius 1 is 1.44 bits per heavy atom. The first-order valence-corrected chi connectivity index (χ1v) is 6.79. The number of carbonyl (C=O) groups excluding carboxylic acids is 1. The van der Waals surface area contributed by atoms with Crippen LogP contribution in [0.3, 0.4) is 0 Å². The summed E-state index contributed by atoms with van der Waals surface area (Å²) in [5.41, 5.74) is -0.121. The van der Waals surface area contributed by atoms with E-state index in [9.17, 15) is 4.79 Å². The molecule has 0 aromatic rings. The largest absolute Gasteiger partial charge is 0.373 e. The van der Waals surface area contributed by atoms with Gasteiger partial charge in [0, 0.05) is 19.6 Å². The molecule has 0 aliphatic carbocycles. The number of carbonyl (C=O) groups is 1. The van der Waals surface area contributed by atoms with E-state index in [1.165, 1.54) is 0 Å². The van der Waals surface area contributed by atoms with Crippen LogP contribution >= 0.6 is 12.4 Å². The number of piperidine rings is 1. The van der Waals surface area contributed by atoms with Crippen molar-refractivity contribution in [2.45, 2.75) is 44.6 Å². The Morgan fingerprint density at radius 2 is 2.17 bits per heavy atom. The van der Waals surface area contributed by atoms with Crippen LogP contribution in [0.5, 0.6) is 0 Å². The Morgan fingerprint density at radius 3 is 2.78 bits per heavy atom. The van der Waals surface area contributed by atoms with E-state index >= 15 is 0 Å². The van der Waals surface area contributed by atoms with Gasteiger partial charge in [0.25, 0.3) is 0 Å². The monoisotopic (exact) mass is 276 g/mol. The quantitative estimate of drug-likeness (QED) is 0.818. The molecule has 5 heteroatoms. The summed E-state index contributed by atoms with van der Waals surface area (Å²) in [4.78, 5) is 11.8. The van der Waals surface area contributed by atoms with Crippen molar-refractivity contribution in [3.8, 4) is 0 Å². The van der Waals surface area contributed by atoms with Crippen LogP contribution in [-0.2, 0) is 9.53 Å². The van der Waals surface area contributed by atoms with E-state index in [1.807, 2.05) is 0 Å². The molecule has 2 fully saturated rings. The Balaban J connectivity index is 0.00000162. The molecule has 0 bridgehead atoms. The van der Waals surface area contributed by atoms with Crippen molar-refractivity contribution in [2.75, 3.05) is 26.2 Å². The number of nitrogens with one attached hydrogen (secondary N) is 2. The van der Waals surface area contributed by atoms with Gasteiger partial charge in [-0.3, -0.25) is 4.79 Å². The van der Waals surface area contributed by atoms with Gasteiger partial charge in [-0.05, 0) is 51.6 Å². The van der Waals surface area contributed by atoms with Crippen molar-refractivity contribution >= 4 is 18.3 Å². The molecule has 0 aromatic heterocycles. The highest BCUT2D eigenvalue weighted by atomic mass is 35.5. The fraction of sp³-hybridized carbons (Fsp3) is 0.923. The topological polar surface area (TPSA) is 50.4 Å². The molecule has 2 aliphatic rings. The summed E-state index contributed by atoms with van der Waals surface area (Å²) in [6.45, 7) is 5.69. The summed E-state index contributed by atoms with van der Waals surface area (Å²) in [5.74, 6) is 0.752. The summed E-state index contributed by atoms with van der Waals surface area (Å²) in [6.07, 6.45) is 5.10. The second-order valence-electron chi connectivity index (χ2n) is 5.58. The minimum atomic E-state index is -0.121. The van der Waals surface area contributed by atoms with E-state index in [0.717, 1.165) is 45.4 Å². The molecule has 2 heterocycles. The summed E-state index contributed by atoms with van der Waals surface area (Å²) in [5, 5.41) is 6.35. The van der Waals surface area contributed by atoms with Gasteiger partial charge in [-0.15, -0.1) is 12.4 Å². The van der Waals surface area contributed by atoms with E-state index in [4.69, 9.17) is 4.74 Å². The average molecular weight is 277 g/mol. The first-order chi connectivity index (χ1) is 8.18. The third-order valence-electron chi connectivity index (χ3n) is 3.89. The summed E-state index contributed by atoms with van der Waals surface area (Å²) in [6, 6.07) is 0. The zero-order valence-electron chi connectivity index (χ0n) is 11.2. The standard InChI is InChI=1S/C13H24N2O2.ClH/c1-13(5-2-8-17-13)10-15-12(16)9-11-3-6-14-7-4-11;/h11,14H,2-10H2,1H3,(H,15,16);1H. The van der Waals surface area contributed by atoms with E-state index < -0.39 is 0 Å². The van der Waals surface area contributed by atoms with Gasteiger partial charge in [0.2, 0.25) is 5.91 Å². The third-order valence-corrected chi connectivity index (χ3v) is 3.89. The van der Waals surface area contributed by atoms with Crippen LogP contribution in [0, 0.1) is 5.92 Å². The molecule has 2 aliphatic heterocycles. The average Bonchev–Trinajstić information content (AvgIpc) is 2.76. The first-order valence-electron chi connectivity index (χ1n) is 6.79. The number of halogens is 1. The molecule has 1 amide bonds. The van der Waals surface area contributed by atoms with Gasteiger partial charge in [-0.2, -0.15) is 0 Å². The maximum absolute atomic E-state index is 11.8. The zero-order valence-corrected chi connectivity index (χ0v) is 12.0. The molecule has 106 valence electrons. The van der Waals surface area contributed by atoms with Gasteiger partial charge in [-0.25, -0.2) is 0 Å². The van der Waals surface area contributed by atoms with Gasteiger partial charge >= 0.3 is 0 Å². The predicted molar refractivity (Wildman–Crippen MR) is 74.1 cm³/mol. The maximum Gasteiger partial charge on any atom is 0.220 e. The normalized spacial score (nSPS) is 28.7. The SMILES string of the molecule is CC1(CNC(=O)CC2CCNCC2)CCCO1.Cl. The number of hydrogen-bond donors (Lipinski definition) is 2. The van der Waals surface area contributed by atoms with Crippen molar-refractivity contribution < 1.29 is 9.53 Å². The molecule has 18 heavy (non-hydrogen) atoms. The van der Waals surface area contributed by atoms with Gasteiger partial charge in [0.15, 0.2) is 0 Å². The Labute approximate surface area is 116 Å². The second kappa shape index (κ2) is 7.31. The summed E-state index contributed by atoms with van der Waals surface area (Å²) >= 11 is 0. The Hall–Kier alpha value is -0.320. The summed E-state index contributed by atoms with van der Waals surface area (Å²) in [7, 11) is 0. The van der Waals surface area contributed by atoms with Crippen molar-refractivity contribution in [3.05, 3.63) is 0 Å². The van der Waals surface area contributed by atoms with Crippen LogP contribution in [0.1, 0.15) is 39.0 Å². The molecule has 0 saturated carbocycles. The first kappa shape index (κ1) is 15.7. The highest BCUT2D eigenvalue weighted by Crippen LogP contribution is 2.24. The van der Waals surface area contributed by atoms with Crippen molar-refractivity contribution in [3.63, 3.8) is 0 Å². The highest BCUT2D eigenvalue weighted by molar-refractivity contribution is 5.85. The van der Waals surface area contributed by atoms with Gasteiger partial charge in [0.1, 0.15) is 0 Å². The van der Waals surface area contributed by atoms with Crippen molar-refractivity contribution in [2.24, 2.45) is 5.92 Å². The molecule has 0 spiro atoms. The minimum absolute atomic E-state index is 0. The fourth-order valence-corrected chi connectivity index (χ4v) is 2.68. The lowest BCUT2D eigenvalue weighted by atomic mass is 9.94. The van der Waals surface area contributed by atoms with Gasteiger partial charge < -0.3 is 15.4 Å². The predicted octanol–water partition coefficient (Wildman–Crippen LogP) is 1.48. The molecular weight excluding hydrogens is 252 g/mol. The van der Waals surface area contributed by atoms with Crippen LogP contribution in [-0.4, -0.2) is 37.7 Å². The molecule has 2 saturated heterocycles. The van der Waals surface area contributed by atoms with E-state index in [1.54, 1.807) is 0 Å². The number of ether oxygens (including phenoxy) is 1. The molecule has 4 nitrogen and oxygen atoms in total. The summed E-state index contributed by atoms with van der Waals surface area (Å²) < 4.78 is 5.66. The van der Waals surface area contributed by atoms with E-state index in [2.05, 4.69) is 17.6 Å². The third kappa shape index (κ3) is 4.75. The van der Waals surface area contributed by atoms with Gasteiger partial charge in [-0.1, -0.05) is 0 Å². The molecular formula is C13H25ClN2O2. The maximum atomic E-state index is 11.8. The zero-order chi connectivity index (χ0) is 12.1. The van der Waals surface area contributed by atoms with Crippen LogP contribution in [0.2, 0.25) is 0 Å². The van der Waals surface area contributed by atoms with Crippen molar-refractivity contribution in [1.29, 1.82) is 0 Å². The Kier molecular flexibility index (Phi) is 6.39. The van der Waals surface area contributed by atoms with Crippen LogP contribution in [0.25, 0.3) is 0 Å². The highest BCUT2D eigenvalue weighted by Gasteiger charge is 2.30. The fourth-order valence-electron chi connectivity index (χ4n) is 2.68. The molecule has 1 atom stereocenters. The molecule has 0 radical (unpaired) electrons. The minimum Gasteiger partial charge on any atom is -0.373 e. The number of rotatable bonds is 4. The molecule has 1 unspecified atom stereocenters.